The fourth-order valence-electron chi connectivity index (χ4n) is 2.67. The molecular weight excluding hydrogens is 198 g/mol. The van der Waals surface area contributed by atoms with Gasteiger partial charge in [0, 0.05) is 17.6 Å². The summed E-state index contributed by atoms with van der Waals surface area (Å²) in [6.45, 7) is 2.94. The van der Waals surface area contributed by atoms with Crippen LogP contribution < -0.4 is 4.90 Å². The number of anilines is 1. The first kappa shape index (κ1) is 9.40. The van der Waals surface area contributed by atoms with Crippen molar-refractivity contribution in [1.82, 2.24) is 0 Å². The molecule has 2 aromatic carbocycles. The Balaban J connectivity index is 2.38. The van der Waals surface area contributed by atoms with Crippen LogP contribution in [0.25, 0.3) is 10.8 Å². The molecule has 0 aliphatic carbocycles. The van der Waals surface area contributed by atoms with E-state index < -0.39 is 0 Å². The Hall–Kier alpha value is -1.83. The van der Waals surface area contributed by atoms with Crippen molar-refractivity contribution in [3.05, 3.63) is 42.0 Å². The van der Waals surface area contributed by atoms with Crippen molar-refractivity contribution < 1.29 is 4.79 Å². The number of hydrogen-bond acceptors (Lipinski definition) is 2. The van der Waals surface area contributed by atoms with Gasteiger partial charge >= 0.3 is 0 Å². The standard InChI is InChI=1S/C14H13NO/c1-2-15-12-8-4-6-10-5-3-7-11(14(10)12)13(15)9-16/h3-9,13H,2H2,1H3. The van der Waals surface area contributed by atoms with Gasteiger partial charge in [0.1, 0.15) is 12.3 Å². The summed E-state index contributed by atoms with van der Waals surface area (Å²) in [5.74, 6) is 0. The minimum atomic E-state index is -0.105. The molecule has 0 saturated carbocycles. The topological polar surface area (TPSA) is 20.3 Å². The fraction of sp³-hybridized carbons (Fsp3) is 0.214. The van der Waals surface area contributed by atoms with E-state index in [0.29, 0.717) is 0 Å². The Labute approximate surface area is 94.5 Å². The van der Waals surface area contributed by atoms with Crippen LogP contribution in [0.4, 0.5) is 5.69 Å². The molecule has 1 heterocycles. The molecule has 0 saturated heterocycles. The lowest BCUT2D eigenvalue weighted by atomic mass is 10.0. The maximum Gasteiger partial charge on any atom is 0.147 e. The van der Waals surface area contributed by atoms with Gasteiger partial charge < -0.3 is 9.69 Å². The van der Waals surface area contributed by atoms with Gasteiger partial charge in [-0.05, 0) is 23.9 Å². The molecule has 0 aromatic heterocycles. The van der Waals surface area contributed by atoms with Gasteiger partial charge in [0.15, 0.2) is 0 Å². The number of hydrogen-bond donors (Lipinski definition) is 0. The van der Waals surface area contributed by atoms with Crippen molar-refractivity contribution in [2.24, 2.45) is 0 Å². The third-order valence-electron chi connectivity index (χ3n) is 3.35. The first-order valence-electron chi connectivity index (χ1n) is 5.60. The molecule has 0 bridgehead atoms. The maximum absolute atomic E-state index is 11.2. The summed E-state index contributed by atoms with van der Waals surface area (Å²) in [7, 11) is 0. The zero-order valence-electron chi connectivity index (χ0n) is 9.18. The normalized spacial score (nSPS) is 18.1. The van der Waals surface area contributed by atoms with E-state index in [2.05, 4.69) is 42.2 Å². The molecule has 1 aliphatic heterocycles. The Morgan fingerprint density at radius 1 is 1.25 bits per heavy atom. The zero-order chi connectivity index (χ0) is 11.1. The highest BCUT2D eigenvalue weighted by Crippen LogP contribution is 2.42. The molecule has 80 valence electrons. The van der Waals surface area contributed by atoms with Crippen LogP contribution in [0.2, 0.25) is 0 Å². The summed E-state index contributed by atoms with van der Waals surface area (Å²) < 4.78 is 0. The van der Waals surface area contributed by atoms with Crippen molar-refractivity contribution in [2.75, 3.05) is 11.4 Å². The van der Waals surface area contributed by atoms with Crippen LogP contribution in [0.1, 0.15) is 18.5 Å². The molecule has 2 aromatic rings. The van der Waals surface area contributed by atoms with Gasteiger partial charge in [-0.25, -0.2) is 0 Å². The number of benzene rings is 2. The smallest absolute Gasteiger partial charge is 0.147 e. The second kappa shape index (κ2) is 3.34. The summed E-state index contributed by atoms with van der Waals surface area (Å²) in [5, 5.41) is 2.46. The molecule has 3 rings (SSSR count). The summed E-state index contributed by atoms with van der Waals surface area (Å²) in [6.07, 6.45) is 1.04. The van der Waals surface area contributed by atoms with Crippen molar-refractivity contribution in [2.45, 2.75) is 13.0 Å². The van der Waals surface area contributed by atoms with E-state index >= 15 is 0 Å². The first-order valence-corrected chi connectivity index (χ1v) is 5.60. The summed E-state index contributed by atoms with van der Waals surface area (Å²) in [6, 6.07) is 12.3. The molecule has 0 fully saturated rings. The molecule has 2 nitrogen and oxygen atoms in total. The van der Waals surface area contributed by atoms with E-state index in [9.17, 15) is 4.79 Å². The van der Waals surface area contributed by atoms with E-state index in [1.807, 2.05) is 6.07 Å². The van der Waals surface area contributed by atoms with Crippen molar-refractivity contribution in [3.63, 3.8) is 0 Å². The Morgan fingerprint density at radius 2 is 2.00 bits per heavy atom. The van der Waals surface area contributed by atoms with Crippen LogP contribution in [0, 0.1) is 0 Å². The zero-order valence-corrected chi connectivity index (χ0v) is 9.18. The van der Waals surface area contributed by atoms with Crippen LogP contribution in [-0.4, -0.2) is 12.8 Å². The molecule has 1 unspecified atom stereocenters. The van der Waals surface area contributed by atoms with Crippen molar-refractivity contribution in [3.8, 4) is 0 Å². The molecular formula is C14H13NO. The summed E-state index contributed by atoms with van der Waals surface area (Å²) >= 11 is 0. The number of carbonyl (C=O) groups excluding carboxylic acids is 1. The maximum atomic E-state index is 11.2. The van der Waals surface area contributed by atoms with Gasteiger partial charge in [0.2, 0.25) is 0 Å². The Morgan fingerprint density at radius 3 is 2.69 bits per heavy atom. The van der Waals surface area contributed by atoms with Crippen LogP contribution in [-0.2, 0) is 4.79 Å². The molecule has 0 radical (unpaired) electrons. The summed E-state index contributed by atoms with van der Waals surface area (Å²) in [4.78, 5) is 13.4. The van der Waals surface area contributed by atoms with E-state index in [1.54, 1.807) is 0 Å². The third-order valence-corrected chi connectivity index (χ3v) is 3.35. The highest BCUT2D eigenvalue weighted by molar-refractivity contribution is 6.03. The first-order chi connectivity index (χ1) is 7.86. The minimum Gasteiger partial charge on any atom is -0.357 e. The predicted octanol–water partition coefficient (Wildman–Crippen LogP) is 2.92. The van der Waals surface area contributed by atoms with Gasteiger partial charge in [0.05, 0.1) is 0 Å². The monoisotopic (exact) mass is 211 g/mol. The van der Waals surface area contributed by atoms with Gasteiger partial charge in [0.25, 0.3) is 0 Å². The average Bonchev–Trinajstić information content (AvgIpc) is 2.65. The molecule has 16 heavy (non-hydrogen) atoms. The van der Waals surface area contributed by atoms with E-state index in [0.717, 1.165) is 18.4 Å². The lowest BCUT2D eigenvalue weighted by molar-refractivity contribution is -0.109. The second-order valence-corrected chi connectivity index (χ2v) is 4.09. The van der Waals surface area contributed by atoms with Crippen LogP contribution in [0.3, 0.4) is 0 Å². The Kier molecular flexibility index (Phi) is 1.96. The molecule has 1 aliphatic rings. The van der Waals surface area contributed by atoms with Gasteiger partial charge in [-0.3, -0.25) is 0 Å². The number of likely N-dealkylation sites (N-methyl/N-ethyl adjacent to an activating group) is 1. The number of rotatable bonds is 2. The molecule has 2 heteroatoms. The van der Waals surface area contributed by atoms with E-state index in [1.165, 1.54) is 16.5 Å². The molecule has 0 N–H and O–H groups in total. The lowest BCUT2D eigenvalue weighted by Gasteiger charge is -2.22. The highest BCUT2D eigenvalue weighted by atomic mass is 16.1. The third kappa shape index (κ3) is 1.04. The van der Waals surface area contributed by atoms with Crippen molar-refractivity contribution in [1.29, 1.82) is 0 Å². The average molecular weight is 211 g/mol. The van der Waals surface area contributed by atoms with Gasteiger partial charge in [-0.1, -0.05) is 30.3 Å². The molecule has 1 atom stereocenters. The lowest BCUT2D eigenvalue weighted by Crippen LogP contribution is -2.25. The van der Waals surface area contributed by atoms with Crippen molar-refractivity contribution >= 4 is 22.7 Å². The number of aldehydes is 1. The van der Waals surface area contributed by atoms with Gasteiger partial charge in [-0.2, -0.15) is 0 Å². The number of carbonyl (C=O) groups is 1. The number of nitrogens with zero attached hydrogens (tertiary/aromatic N) is 1. The highest BCUT2D eigenvalue weighted by Gasteiger charge is 2.29. The Bertz CT molecular complexity index is 556. The molecule has 0 amide bonds. The van der Waals surface area contributed by atoms with Crippen LogP contribution >= 0.6 is 0 Å². The fourth-order valence-corrected chi connectivity index (χ4v) is 2.67. The predicted molar refractivity (Wildman–Crippen MR) is 65.8 cm³/mol. The largest absolute Gasteiger partial charge is 0.357 e. The summed E-state index contributed by atoms with van der Waals surface area (Å²) in [5.41, 5.74) is 2.33. The van der Waals surface area contributed by atoms with E-state index in [4.69, 9.17) is 0 Å². The van der Waals surface area contributed by atoms with Crippen LogP contribution in [0.15, 0.2) is 36.4 Å². The minimum absolute atomic E-state index is 0.105. The van der Waals surface area contributed by atoms with E-state index in [-0.39, 0.29) is 6.04 Å². The quantitative estimate of drug-likeness (QED) is 0.712. The van der Waals surface area contributed by atoms with Gasteiger partial charge in [-0.15, -0.1) is 0 Å². The molecule has 0 spiro atoms. The van der Waals surface area contributed by atoms with Crippen LogP contribution in [0.5, 0.6) is 0 Å². The second-order valence-electron chi connectivity index (χ2n) is 4.09. The SMILES string of the molecule is CCN1c2cccc3cccc(c23)C1C=O.